The Bertz CT molecular complexity index is 462. The highest BCUT2D eigenvalue weighted by atomic mass is 127. The van der Waals surface area contributed by atoms with E-state index in [-0.39, 0.29) is 17.8 Å². The Hall–Kier alpha value is -1.31. The smallest absolute Gasteiger partial charge is 0.253 e. The summed E-state index contributed by atoms with van der Waals surface area (Å²) in [6.07, 6.45) is 0.336. The number of hydrogen-bond donors (Lipinski definition) is 2. The molecule has 1 atom stereocenters. The average Bonchev–Trinajstić information content (AvgIpc) is 2.36. The van der Waals surface area contributed by atoms with Crippen molar-refractivity contribution in [2.45, 2.75) is 19.4 Å². The summed E-state index contributed by atoms with van der Waals surface area (Å²) in [7, 11) is 1.71. The Kier molecular flexibility index (Phi) is 5.39. The predicted octanol–water partition coefficient (Wildman–Crippen LogP) is 1.89. The van der Waals surface area contributed by atoms with Crippen LogP contribution in [0.15, 0.2) is 29.4 Å². The second-order valence-electron chi connectivity index (χ2n) is 4.07. The Morgan fingerprint density at radius 2 is 2.28 bits per heavy atom. The number of rotatable bonds is 4. The van der Waals surface area contributed by atoms with Gasteiger partial charge in [-0.05, 0) is 47.7 Å². The van der Waals surface area contributed by atoms with Gasteiger partial charge in [0.25, 0.3) is 5.91 Å². The van der Waals surface area contributed by atoms with Gasteiger partial charge in [-0.15, -0.1) is 0 Å². The van der Waals surface area contributed by atoms with Crippen molar-refractivity contribution in [1.82, 2.24) is 4.90 Å². The SMILES string of the molecule is CC(CC(N)=NO)N(C)C(=O)c1cccc(I)c1. The minimum atomic E-state index is -0.133. The van der Waals surface area contributed by atoms with Crippen LogP contribution in [-0.2, 0) is 0 Å². The number of amidine groups is 1. The van der Waals surface area contributed by atoms with Crippen LogP contribution in [-0.4, -0.2) is 34.9 Å². The molecule has 1 aromatic rings. The summed E-state index contributed by atoms with van der Waals surface area (Å²) in [6, 6.07) is 7.24. The maximum absolute atomic E-state index is 12.2. The fourth-order valence-corrected chi connectivity index (χ4v) is 2.05. The minimum absolute atomic E-state index is 0.0771. The fourth-order valence-electron chi connectivity index (χ4n) is 1.51. The molecule has 0 fully saturated rings. The number of hydrogen-bond acceptors (Lipinski definition) is 3. The molecule has 0 aliphatic rings. The zero-order valence-electron chi connectivity index (χ0n) is 10.3. The normalized spacial score (nSPS) is 13.2. The van der Waals surface area contributed by atoms with Crippen molar-refractivity contribution in [2.24, 2.45) is 10.9 Å². The molecule has 0 heterocycles. The van der Waals surface area contributed by atoms with E-state index in [1.807, 2.05) is 25.1 Å². The molecule has 1 rings (SSSR count). The lowest BCUT2D eigenvalue weighted by molar-refractivity contribution is 0.0747. The molecule has 0 radical (unpaired) electrons. The molecule has 0 saturated heterocycles. The van der Waals surface area contributed by atoms with Crippen LogP contribution in [0.1, 0.15) is 23.7 Å². The summed E-state index contributed by atoms with van der Waals surface area (Å²) in [6.45, 7) is 1.85. The lowest BCUT2D eigenvalue weighted by Gasteiger charge is -2.24. The number of amides is 1. The third kappa shape index (κ3) is 3.86. The van der Waals surface area contributed by atoms with E-state index in [2.05, 4.69) is 27.7 Å². The summed E-state index contributed by atoms with van der Waals surface area (Å²) in [5.41, 5.74) is 6.07. The van der Waals surface area contributed by atoms with Crippen LogP contribution in [0, 0.1) is 3.57 Å². The number of nitrogens with zero attached hydrogens (tertiary/aromatic N) is 2. The van der Waals surface area contributed by atoms with E-state index in [1.165, 1.54) is 0 Å². The standard InChI is InChI=1S/C12H16IN3O2/c1-8(6-11(14)15-18)16(2)12(17)9-4-3-5-10(13)7-9/h3-5,7-8,18H,6H2,1-2H3,(H2,14,15). The van der Waals surface area contributed by atoms with Gasteiger partial charge < -0.3 is 15.8 Å². The van der Waals surface area contributed by atoms with Crippen molar-refractivity contribution >= 4 is 34.3 Å². The molecule has 0 spiro atoms. The molecular weight excluding hydrogens is 345 g/mol. The number of halogens is 1. The van der Waals surface area contributed by atoms with Crippen LogP contribution in [0.5, 0.6) is 0 Å². The molecule has 0 aromatic heterocycles. The Morgan fingerprint density at radius 1 is 1.61 bits per heavy atom. The first-order chi connectivity index (χ1) is 8.45. The predicted molar refractivity (Wildman–Crippen MR) is 78.7 cm³/mol. The van der Waals surface area contributed by atoms with Crippen LogP contribution in [0.25, 0.3) is 0 Å². The third-order valence-electron chi connectivity index (χ3n) is 2.69. The Balaban J connectivity index is 2.78. The van der Waals surface area contributed by atoms with Gasteiger partial charge in [-0.25, -0.2) is 0 Å². The van der Waals surface area contributed by atoms with Crippen LogP contribution < -0.4 is 5.73 Å². The van der Waals surface area contributed by atoms with Gasteiger partial charge in [0.05, 0.1) is 0 Å². The number of nitrogens with two attached hydrogens (primary N) is 1. The highest BCUT2D eigenvalue weighted by Crippen LogP contribution is 2.12. The zero-order chi connectivity index (χ0) is 13.7. The Morgan fingerprint density at radius 3 is 2.83 bits per heavy atom. The van der Waals surface area contributed by atoms with E-state index in [4.69, 9.17) is 10.9 Å². The van der Waals surface area contributed by atoms with Gasteiger partial charge in [0, 0.05) is 28.6 Å². The summed E-state index contributed by atoms with van der Waals surface area (Å²) >= 11 is 2.16. The van der Waals surface area contributed by atoms with Crippen LogP contribution in [0.4, 0.5) is 0 Å². The van der Waals surface area contributed by atoms with Gasteiger partial charge in [-0.3, -0.25) is 4.79 Å². The average molecular weight is 361 g/mol. The lowest BCUT2D eigenvalue weighted by Crippen LogP contribution is -2.37. The largest absolute Gasteiger partial charge is 0.409 e. The molecule has 1 aromatic carbocycles. The van der Waals surface area contributed by atoms with Crippen LogP contribution >= 0.6 is 22.6 Å². The molecule has 0 aliphatic heterocycles. The van der Waals surface area contributed by atoms with Gasteiger partial charge in [0.1, 0.15) is 5.84 Å². The summed E-state index contributed by atoms with van der Waals surface area (Å²) in [5.74, 6) is 0.0385. The van der Waals surface area contributed by atoms with Gasteiger partial charge in [-0.1, -0.05) is 11.2 Å². The zero-order valence-corrected chi connectivity index (χ0v) is 12.5. The van der Waals surface area contributed by atoms with Crippen LogP contribution in [0.2, 0.25) is 0 Å². The second-order valence-corrected chi connectivity index (χ2v) is 5.32. The van der Waals surface area contributed by atoms with Crippen molar-refractivity contribution in [1.29, 1.82) is 0 Å². The molecule has 6 heteroatoms. The van der Waals surface area contributed by atoms with Gasteiger partial charge in [0.2, 0.25) is 0 Å². The number of carbonyl (C=O) groups is 1. The summed E-state index contributed by atoms with van der Waals surface area (Å²) < 4.78 is 1.01. The van der Waals surface area contributed by atoms with Gasteiger partial charge >= 0.3 is 0 Å². The summed E-state index contributed by atoms with van der Waals surface area (Å²) in [4.78, 5) is 13.8. The van der Waals surface area contributed by atoms with Gasteiger partial charge in [0.15, 0.2) is 0 Å². The van der Waals surface area contributed by atoms with E-state index >= 15 is 0 Å². The van der Waals surface area contributed by atoms with Crippen molar-refractivity contribution in [2.75, 3.05) is 7.05 Å². The fraction of sp³-hybridized carbons (Fsp3) is 0.333. The number of carbonyl (C=O) groups excluding carboxylic acids is 1. The summed E-state index contributed by atoms with van der Waals surface area (Å²) in [5, 5.41) is 11.4. The first-order valence-electron chi connectivity index (χ1n) is 5.44. The highest BCUT2D eigenvalue weighted by Gasteiger charge is 2.18. The molecule has 3 N–H and O–H groups in total. The number of oxime groups is 1. The van der Waals surface area contributed by atoms with E-state index in [0.29, 0.717) is 12.0 Å². The maximum Gasteiger partial charge on any atom is 0.253 e. The molecule has 5 nitrogen and oxygen atoms in total. The maximum atomic E-state index is 12.2. The van der Waals surface area contributed by atoms with Crippen molar-refractivity contribution in [3.8, 4) is 0 Å². The molecule has 0 bridgehead atoms. The topological polar surface area (TPSA) is 78.9 Å². The van der Waals surface area contributed by atoms with E-state index in [9.17, 15) is 4.79 Å². The van der Waals surface area contributed by atoms with E-state index < -0.39 is 0 Å². The second kappa shape index (κ2) is 6.58. The quantitative estimate of drug-likeness (QED) is 0.283. The third-order valence-corrected chi connectivity index (χ3v) is 3.36. The van der Waals surface area contributed by atoms with Crippen LogP contribution in [0.3, 0.4) is 0 Å². The molecule has 98 valence electrons. The highest BCUT2D eigenvalue weighted by molar-refractivity contribution is 14.1. The Labute approximate surface area is 120 Å². The molecular formula is C12H16IN3O2. The first kappa shape index (κ1) is 14.7. The first-order valence-corrected chi connectivity index (χ1v) is 6.52. The number of benzene rings is 1. The van der Waals surface area contributed by atoms with Crippen molar-refractivity contribution < 1.29 is 10.0 Å². The molecule has 1 unspecified atom stereocenters. The minimum Gasteiger partial charge on any atom is -0.409 e. The molecule has 0 saturated carbocycles. The molecule has 0 aliphatic carbocycles. The lowest BCUT2D eigenvalue weighted by atomic mass is 10.1. The van der Waals surface area contributed by atoms with E-state index in [0.717, 1.165) is 3.57 Å². The monoisotopic (exact) mass is 361 g/mol. The van der Waals surface area contributed by atoms with Gasteiger partial charge in [-0.2, -0.15) is 0 Å². The van der Waals surface area contributed by atoms with Crippen molar-refractivity contribution in [3.63, 3.8) is 0 Å². The van der Waals surface area contributed by atoms with Crippen molar-refractivity contribution in [3.05, 3.63) is 33.4 Å². The molecule has 1 amide bonds. The molecule has 18 heavy (non-hydrogen) atoms. The van der Waals surface area contributed by atoms with E-state index in [1.54, 1.807) is 18.0 Å².